The van der Waals surface area contributed by atoms with Crippen molar-refractivity contribution in [3.63, 3.8) is 0 Å². The zero-order chi connectivity index (χ0) is 17.2. The van der Waals surface area contributed by atoms with Crippen molar-refractivity contribution in [1.82, 2.24) is 20.0 Å². The average Bonchev–Trinajstić information content (AvgIpc) is 3.26. The third kappa shape index (κ3) is 3.42. The van der Waals surface area contributed by atoms with Gasteiger partial charge >= 0.3 is 0 Å². The van der Waals surface area contributed by atoms with Crippen LogP contribution in [-0.2, 0) is 6.54 Å². The highest BCUT2D eigenvalue weighted by atomic mass is 35.5. The van der Waals surface area contributed by atoms with E-state index in [0.717, 1.165) is 61.1 Å². The molecule has 0 radical (unpaired) electrons. The number of aromatic nitrogens is 3. The molecular formula is C18H21ClN4O2. The van der Waals surface area contributed by atoms with Gasteiger partial charge in [-0.3, -0.25) is 0 Å². The molecule has 2 atom stereocenters. The maximum atomic E-state index is 10.1. The molecular weight excluding hydrogens is 340 g/mol. The molecule has 4 rings (SSSR count). The molecule has 0 saturated carbocycles. The predicted octanol–water partition coefficient (Wildman–Crippen LogP) is 3.24. The number of benzene rings is 1. The van der Waals surface area contributed by atoms with E-state index in [2.05, 4.69) is 20.0 Å². The molecule has 0 spiro atoms. The Morgan fingerprint density at radius 3 is 3.12 bits per heavy atom. The lowest BCUT2D eigenvalue weighted by atomic mass is 9.97. The summed E-state index contributed by atoms with van der Waals surface area (Å²) in [5, 5.41) is 18.2. The molecule has 1 saturated heterocycles. The van der Waals surface area contributed by atoms with E-state index in [1.54, 1.807) is 6.26 Å². The maximum absolute atomic E-state index is 10.1. The molecule has 3 heterocycles. The van der Waals surface area contributed by atoms with Crippen LogP contribution in [0.2, 0.25) is 5.02 Å². The van der Waals surface area contributed by atoms with E-state index in [9.17, 15) is 5.11 Å². The fourth-order valence-corrected chi connectivity index (χ4v) is 3.82. The van der Waals surface area contributed by atoms with Crippen molar-refractivity contribution in [3.05, 3.63) is 35.8 Å². The Kier molecular flexibility index (Phi) is 4.74. The van der Waals surface area contributed by atoms with Crippen molar-refractivity contribution < 1.29 is 9.63 Å². The van der Waals surface area contributed by atoms with Crippen molar-refractivity contribution >= 4 is 22.6 Å². The van der Waals surface area contributed by atoms with Crippen molar-refractivity contribution in [1.29, 1.82) is 0 Å². The zero-order valence-electron chi connectivity index (χ0n) is 13.9. The number of piperidine rings is 1. The van der Waals surface area contributed by atoms with Crippen LogP contribution in [0.3, 0.4) is 0 Å². The van der Waals surface area contributed by atoms with Crippen LogP contribution in [-0.4, -0.2) is 38.5 Å². The molecule has 25 heavy (non-hydrogen) atoms. The number of rotatable bonds is 5. The minimum Gasteiger partial charge on any atom is -0.392 e. The molecule has 132 valence electrons. The van der Waals surface area contributed by atoms with Gasteiger partial charge in [0.2, 0.25) is 0 Å². The molecule has 0 amide bonds. The van der Waals surface area contributed by atoms with Gasteiger partial charge in [-0.05, 0) is 44.4 Å². The van der Waals surface area contributed by atoms with Crippen LogP contribution < -0.4 is 5.32 Å². The number of nitrogens with zero attached hydrogens (tertiary/aromatic N) is 3. The van der Waals surface area contributed by atoms with Crippen molar-refractivity contribution in [2.75, 3.05) is 6.54 Å². The van der Waals surface area contributed by atoms with Crippen molar-refractivity contribution in [3.8, 4) is 11.3 Å². The first-order valence-corrected chi connectivity index (χ1v) is 9.07. The van der Waals surface area contributed by atoms with Gasteiger partial charge in [0.05, 0.1) is 23.5 Å². The Bertz CT molecular complexity index is 846. The second-order valence-corrected chi connectivity index (χ2v) is 6.99. The van der Waals surface area contributed by atoms with Gasteiger partial charge in [0, 0.05) is 29.2 Å². The molecule has 6 nitrogen and oxygen atoms in total. The molecule has 2 N–H and O–H groups in total. The standard InChI is InChI=1S/C18H21ClN4O2/c19-12-9-13(14-5-8-25-22-14)18-16(10-12)21-11-23(18)7-2-3-15-17(24)4-1-6-20-15/h5,8-11,15,17,20,24H,1-4,6-7H2/t15-,17+/m1/s1. The minimum atomic E-state index is -0.238. The fraction of sp³-hybridized carbons (Fsp3) is 0.444. The van der Waals surface area contributed by atoms with E-state index in [1.807, 2.05) is 24.5 Å². The zero-order valence-corrected chi connectivity index (χ0v) is 14.6. The van der Waals surface area contributed by atoms with Crippen LogP contribution in [0.5, 0.6) is 0 Å². The van der Waals surface area contributed by atoms with Crippen molar-refractivity contribution in [2.45, 2.75) is 44.4 Å². The summed E-state index contributed by atoms with van der Waals surface area (Å²) in [5.41, 5.74) is 3.53. The number of aliphatic hydroxyl groups excluding tert-OH is 1. The summed E-state index contributed by atoms with van der Waals surface area (Å²) in [6.45, 7) is 1.82. The van der Waals surface area contributed by atoms with E-state index in [0.29, 0.717) is 5.02 Å². The average molecular weight is 361 g/mol. The van der Waals surface area contributed by atoms with Gasteiger partial charge in [0.15, 0.2) is 0 Å². The minimum absolute atomic E-state index is 0.188. The Balaban J connectivity index is 1.56. The molecule has 1 aliphatic rings. The van der Waals surface area contributed by atoms with Gasteiger partial charge < -0.3 is 19.5 Å². The smallest absolute Gasteiger partial charge is 0.124 e. The Hall–Kier alpha value is -1.89. The Labute approximate surface area is 150 Å². The lowest BCUT2D eigenvalue weighted by Crippen LogP contribution is -2.44. The van der Waals surface area contributed by atoms with Crippen LogP contribution in [0, 0.1) is 0 Å². The molecule has 0 aliphatic carbocycles. The van der Waals surface area contributed by atoms with Gasteiger partial charge in [-0.15, -0.1) is 0 Å². The largest absolute Gasteiger partial charge is 0.392 e. The van der Waals surface area contributed by atoms with Gasteiger partial charge in [0.1, 0.15) is 12.0 Å². The van der Waals surface area contributed by atoms with Crippen LogP contribution >= 0.6 is 11.6 Å². The number of hydrogen-bond donors (Lipinski definition) is 2. The third-order valence-electron chi connectivity index (χ3n) is 4.85. The number of imidazole rings is 1. The highest BCUT2D eigenvalue weighted by Crippen LogP contribution is 2.31. The first-order chi connectivity index (χ1) is 12.2. The van der Waals surface area contributed by atoms with Crippen LogP contribution in [0.15, 0.2) is 35.3 Å². The monoisotopic (exact) mass is 360 g/mol. The molecule has 1 aliphatic heterocycles. The Morgan fingerprint density at radius 1 is 1.40 bits per heavy atom. The number of nitrogens with one attached hydrogen (secondary N) is 1. The summed E-state index contributed by atoms with van der Waals surface area (Å²) in [5.74, 6) is 0. The lowest BCUT2D eigenvalue weighted by molar-refractivity contribution is 0.0909. The normalized spacial score (nSPS) is 21.0. The van der Waals surface area contributed by atoms with Gasteiger partial charge in [-0.2, -0.15) is 0 Å². The van der Waals surface area contributed by atoms with Crippen LogP contribution in [0.25, 0.3) is 22.3 Å². The van der Waals surface area contributed by atoms with Gasteiger partial charge in [-0.25, -0.2) is 4.98 Å². The molecule has 2 aromatic heterocycles. The summed E-state index contributed by atoms with van der Waals surface area (Å²) in [6, 6.07) is 5.77. The van der Waals surface area contributed by atoms with Gasteiger partial charge in [0.25, 0.3) is 0 Å². The quantitative estimate of drug-likeness (QED) is 0.730. The highest BCUT2D eigenvalue weighted by Gasteiger charge is 2.22. The van der Waals surface area contributed by atoms with Crippen LogP contribution in [0.1, 0.15) is 25.7 Å². The Morgan fingerprint density at radius 2 is 2.32 bits per heavy atom. The summed E-state index contributed by atoms with van der Waals surface area (Å²) in [4.78, 5) is 4.49. The number of hydrogen-bond acceptors (Lipinski definition) is 5. The van der Waals surface area contributed by atoms with E-state index in [-0.39, 0.29) is 12.1 Å². The van der Waals surface area contributed by atoms with E-state index in [1.165, 1.54) is 0 Å². The second-order valence-electron chi connectivity index (χ2n) is 6.56. The van der Waals surface area contributed by atoms with Crippen LogP contribution in [0.4, 0.5) is 0 Å². The second kappa shape index (κ2) is 7.15. The van der Waals surface area contributed by atoms with E-state index < -0.39 is 0 Å². The number of halogens is 1. The highest BCUT2D eigenvalue weighted by molar-refractivity contribution is 6.31. The van der Waals surface area contributed by atoms with E-state index >= 15 is 0 Å². The van der Waals surface area contributed by atoms with E-state index in [4.69, 9.17) is 16.1 Å². The number of aryl methyl sites for hydroxylation is 1. The lowest BCUT2D eigenvalue weighted by Gasteiger charge is -2.29. The predicted molar refractivity (Wildman–Crippen MR) is 96.5 cm³/mol. The summed E-state index contributed by atoms with van der Waals surface area (Å²) < 4.78 is 7.12. The first-order valence-electron chi connectivity index (χ1n) is 8.69. The first kappa shape index (κ1) is 16.6. The molecule has 1 aromatic carbocycles. The number of aliphatic hydroxyl groups is 1. The molecule has 0 bridgehead atoms. The fourth-order valence-electron chi connectivity index (χ4n) is 3.60. The summed E-state index contributed by atoms with van der Waals surface area (Å²) in [7, 11) is 0. The van der Waals surface area contributed by atoms with Gasteiger partial charge in [-0.1, -0.05) is 16.8 Å². The molecule has 1 fully saturated rings. The number of fused-ring (bicyclic) bond motifs is 1. The maximum Gasteiger partial charge on any atom is 0.124 e. The topological polar surface area (TPSA) is 76.1 Å². The summed E-state index contributed by atoms with van der Waals surface area (Å²) >= 11 is 6.23. The summed E-state index contributed by atoms with van der Waals surface area (Å²) in [6.07, 6.45) is 6.99. The molecule has 7 heteroatoms. The molecule has 0 unspecified atom stereocenters. The SMILES string of the molecule is O[C@H]1CCCN[C@@H]1CCCn1cnc2cc(Cl)cc(-c3ccon3)c21. The molecule has 3 aromatic rings. The van der Waals surface area contributed by atoms with Crippen molar-refractivity contribution in [2.24, 2.45) is 0 Å². The third-order valence-corrected chi connectivity index (χ3v) is 5.07.